The van der Waals surface area contributed by atoms with E-state index in [9.17, 15) is 4.79 Å². The summed E-state index contributed by atoms with van der Waals surface area (Å²) < 4.78 is 1.12. The number of carbonyl (C=O) groups is 1. The first kappa shape index (κ1) is 15.1. The molecular formula is C16H12BrN5O. The molecule has 7 heteroatoms. The number of benzene rings is 2. The highest BCUT2D eigenvalue weighted by molar-refractivity contribution is 9.07. The number of halogens is 1. The number of hydrogen-bond acceptors (Lipinski definition) is 4. The average molecular weight is 370 g/mol. The lowest BCUT2D eigenvalue weighted by atomic mass is 10.1. The molecule has 0 aliphatic rings. The highest BCUT2D eigenvalue weighted by atomic mass is 79.9. The van der Waals surface area contributed by atoms with Gasteiger partial charge in [0.25, 0.3) is 5.91 Å². The molecule has 0 spiro atoms. The first-order valence-electron chi connectivity index (χ1n) is 6.80. The smallest absolute Gasteiger partial charge is 0.266 e. The van der Waals surface area contributed by atoms with E-state index in [-0.39, 0.29) is 5.91 Å². The third-order valence-corrected chi connectivity index (χ3v) is 3.62. The Balaban J connectivity index is 1.82. The minimum absolute atomic E-state index is 0.251. The van der Waals surface area contributed by atoms with E-state index in [0.29, 0.717) is 11.4 Å². The van der Waals surface area contributed by atoms with Gasteiger partial charge in [0.1, 0.15) is 6.33 Å². The van der Waals surface area contributed by atoms with Gasteiger partial charge in [-0.3, -0.25) is 9.89 Å². The second-order valence-electron chi connectivity index (χ2n) is 4.60. The molecule has 6 nitrogen and oxygen atoms in total. The van der Waals surface area contributed by atoms with Gasteiger partial charge in [0.15, 0.2) is 5.82 Å². The summed E-state index contributed by atoms with van der Waals surface area (Å²) in [5.41, 5.74) is 2.21. The van der Waals surface area contributed by atoms with Crippen molar-refractivity contribution >= 4 is 28.3 Å². The van der Waals surface area contributed by atoms with Gasteiger partial charge in [-0.05, 0) is 12.1 Å². The van der Waals surface area contributed by atoms with Gasteiger partial charge in [0.2, 0.25) is 0 Å². The fourth-order valence-electron chi connectivity index (χ4n) is 2.01. The maximum atomic E-state index is 12.2. The van der Waals surface area contributed by atoms with Gasteiger partial charge >= 0.3 is 0 Å². The Hall–Kier alpha value is -2.80. The molecule has 3 aromatic rings. The quantitative estimate of drug-likeness (QED) is 0.435. The number of hydrogen-bond donors (Lipinski definition) is 1. The number of nitrogens with zero attached hydrogens (tertiary/aromatic N) is 4. The molecule has 23 heavy (non-hydrogen) atoms. The lowest BCUT2D eigenvalue weighted by molar-refractivity contribution is 0.0882. The lowest BCUT2D eigenvalue weighted by Crippen LogP contribution is -2.15. The van der Waals surface area contributed by atoms with Gasteiger partial charge in [-0.15, -0.1) is 0 Å². The third-order valence-electron chi connectivity index (χ3n) is 3.12. The Morgan fingerprint density at radius 2 is 1.87 bits per heavy atom. The summed E-state index contributed by atoms with van der Waals surface area (Å²) in [6.45, 7) is 0. The van der Waals surface area contributed by atoms with Crippen LogP contribution in [-0.2, 0) is 0 Å². The molecule has 1 amide bonds. The number of aromatic amines is 1. The summed E-state index contributed by atoms with van der Waals surface area (Å²) in [5.74, 6) is 0.390. The van der Waals surface area contributed by atoms with Gasteiger partial charge in [-0.25, -0.2) is 4.98 Å². The van der Waals surface area contributed by atoms with Gasteiger partial charge < -0.3 is 0 Å². The summed E-state index contributed by atoms with van der Waals surface area (Å²) >= 11 is 3.16. The number of aromatic nitrogens is 3. The van der Waals surface area contributed by atoms with Crippen LogP contribution in [0, 0.1) is 0 Å². The maximum Gasteiger partial charge on any atom is 0.284 e. The first-order valence-corrected chi connectivity index (χ1v) is 7.50. The second-order valence-corrected chi connectivity index (χ2v) is 5.27. The molecule has 0 atom stereocenters. The van der Waals surface area contributed by atoms with Crippen LogP contribution in [0.5, 0.6) is 0 Å². The predicted octanol–water partition coefficient (Wildman–Crippen LogP) is 3.26. The van der Waals surface area contributed by atoms with Crippen LogP contribution in [0.4, 0.5) is 0 Å². The van der Waals surface area contributed by atoms with E-state index in [0.717, 1.165) is 15.2 Å². The number of hydrazone groups is 1. The molecule has 0 radical (unpaired) electrons. The van der Waals surface area contributed by atoms with E-state index in [1.807, 2.05) is 30.3 Å². The van der Waals surface area contributed by atoms with Crippen molar-refractivity contribution in [1.82, 2.24) is 19.2 Å². The average Bonchev–Trinajstić information content (AvgIpc) is 3.14. The summed E-state index contributed by atoms with van der Waals surface area (Å²) in [4.78, 5) is 16.4. The van der Waals surface area contributed by atoms with Crippen LogP contribution in [0.15, 0.2) is 66.0 Å². The van der Waals surface area contributed by atoms with Gasteiger partial charge in [0.05, 0.1) is 22.4 Å². The van der Waals surface area contributed by atoms with Crippen molar-refractivity contribution in [2.75, 3.05) is 0 Å². The van der Waals surface area contributed by atoms with E-state index in [2.05, 4.69) is 36.4 Å². The van der Waals surface area contributed by atoms with Crippen LogP contribution >= 0.6 is 16.1 Å². The standard InChI is InChI=1S/C16H12BrN5O/c17-22(16(23)12-6-2-1-3-7-12)20-10-13-8-4-5-9-14(13)15-18-11-19-21-15/h1-11H,(H,18,19,21). The highest BCUT2D eigenvalue weighted by Gasteiger charge is 2.12. The molecule has 1 aromatic heterocycles. The Morgan fingerprint density at radius 3 is 2.61 bits per heavy atom. The van der Waals surface area contributed by atoms with Crippen molar-refractivity contribution in [1.29, 1.82) is 0 Å². The minimum atomic E-state index is -0.251. The number of H-pyrrole nitrogens is 1. The SMILES string of the molecule is O=C(c1ccccc1)N(Br)N=Cc1ccccc1-c1ncn[nH]1. The molecule has 0 aliphatic carbocycles. The zero-order chi connectivity index (χ0) is 16.1. The van der Waals surface area contributed by atoms with Crippen molar-refractivity contribution in [2.24, 2.45) is 5.10 Å². The zero-order valence-electron chi connectivity index (χ0n) is 11.9. The van der Waals surface area contributed by atoms with Crippen LogP contribution < -0.4 is 0 Å². The van der Waals surface area contributed by atoms with E-state index < -0.39 is 0 Å². The zero-order valence-corrected chi connectivity index (χ0v) is 13.5. The molecule has 3 rings (SSSR count). The molecule has 0 saturated carbocycles. The molecule has 1 N–H and O–H groups in total. The Kier molecular flexibility index (Phi) is 4.58. The minimum Gasteiger partial charge on any atom is -0.266 e. The Labute approximate surface area is 141 Å². The molecule has 0 unspecified atom stereocenters. The van der Waals surface area contributed by atoms with Crippen molar-refractivity contribution in [3.05, 3.63) is 72.1 Å². The first-order chi connectivity index (χ1) is 11.3. The van der Waals surface area contributed by atoms with E-state index in [4.69, 9.17) is 0 Å². The van der Waals surface area contributed by atoms with Crippen LogP contribution in [0.1, 0.15) is 15.9 Å². The number of nitrogens with one attached hydrogen (secondary N) is 1. The monoisotopic (exact) mass is 369 g/mol. The fraction of sp³-hybridized carbons (Fsp3) is 0. The largest absolute Gasteiger partial charge is 0.284 e. The summed E-state index contributed by atoms with van der Waals surface area (Å²) in [7, 11) is 0. The van der Waals surface area contributed by atoms with Crippen molar-refractivity contribution < 1.29 is 4.79 Å². The normalized spacial score (nSPS) is 10.8. The van der Waals surface area contributed by atoms with Gasteiger partial charge in [-0.2, -0.15) is 14.2 Å². The summed E-state index contributed by atoms with van der Waals surface area (Å²) in [5, 5.41) is 10.8. The van der Waals surface area contributed by atoms with Gasteiger partial charge in [-0.1, -0.05) is 42.5 Å². The molecular weight excluding hydrogens is 358 g/mol. The van der Waals surface area contributed by atoms with Crippen LogP contribution in [-0.4, -0.2) is 31.3 Å². The topological polar surface area (TPSA) is 74.2 Å². The number of amides is 1. The van der Waals surface area contributed by atoms with Crippen LogP contribution in [0.25, 0.3) is 11.4 Å². The van der Waals surface area contributed by atoms with Crippen molar-refractivity contribution in [3.8, 4) is 11.4 Å². The lowest BCUT2D eigenvalue weighted by Gasteiger charge is -2.08. The number of carbonyl (C=O) groups excluding carboxylic acids is 1. The number of rotatable bonds is 4. The molecule has 0 aliphatic heterocycles. The van der Waals surface area contributed by atoms with Crippen molar-refractivity contribution in [3.63, 3.8) is 0 Å². The summed E-state index contributed by atoms with van der Waals surface area (Å²) in [6.07, 6.45) is 3.03. The molecule has 0 saturated heterocycles. The molecule has 114 valence electrons. The highest BCUT2D eigenvalue weighted by Crippen LogP contribution is 2.18. The predicted molar refractivity (Wildman–Crippen MR) is 91.0 cm³/mol. The third kappa shape index (κ3) is 3.51. The maximum absolute atomic E-state index is 12.2. The van der Waals surface area contributed by atoms with E-state index >= 15 is 0 Å². The fourth-order valence-corrected chi connectivity index (χ4v) is 2.31. The molecule has 0 bridgehead atoms. The van der Waals surface area contributed by atoms with Crippen molar-refractivity contribution in [2.45, 2.75) is 0 Å². The second kappa shape index (κ2) is 6.97. The van der Waals surface area contributed by atoms with Crippen LogP contribution in [0.3, 0.4) is 0 Å². The summed E-state index contributed by atoms with van der Waals surface area (Å²) in [6, 6.07) is 16.5. The molecule has 0 fully saturated rings. The molecule has 1 heterocycles. The Morgan fingerprint density at radius 1 is 1.13 bits per heavy atom. The van der Waals surface area contributed by atoms with Crippen LogP contribution in [0.2, 0.25) is 0 Å². The van der Waals surface area contributed by atoms with Gasteiger partial charge in [0, 0.05) is 16.7 Å². The van der Waals surface area contributed by atoms with E-state index in [1.165, 1.54) is 6.33 Å². The van der Waals surface area contributed by atoms with E-state index in [1.54, 1.807) is 30.5 Å². The molecule has 2 aromatic carbocycles. The Bertz CT molecular complexity index is 818.